The first-order valence-corrected chi connectivity index (χ1v) is 6.75. The second-order valence-corrected chi connectivity index (χ2v) is 4.89. The molecule has 0 aliphatic rings. The summed E-state index contributed by atoms with van der Waals surface area (Å²) in [6, 6.07) is 2.26. The van der Waals surface area contributed by atoms with Crippen molar-refractivity contribution in [1.82, 2.24) is 19.9 Å². The number of hydrogen-bond acceptors (Lipinski definition) is 3. The molecular formula is C15H22N4. The van der Waals surface area contributed by atoms with Crippen molar-refractivity contribution in [2.24, 2.45) is 0 Å². The van der Waals surface area contributed by atoms with Crippen LogP contribution in [0.15, 0.2) is 18.5 Å². The van der Waals surface area contributed by atoms with E-state index >= 15 is 0 Å². The van der Waals surface area contributed by atoms with E-state index in [2.05, 4.69) is 46.7 Å². The van der Waals surface area contributed by atoms with Crippen LogP contribution in [0.5, 0.6) is 0 Å². The van der Waals surface area contributed by atoms with E-state index in [9.17, 15) is 0 Å². The summed E-state index contributed by atoms with van der Waals surface area (Å²) >= 11 is 0. The van der Waals surface area contributed by atoms with Crippen LogP contribution in [0.1, 0.15) is 35.3 Å². The second-order valence-electron chi connectivity index (χ2n) is 4.89. The highest BCUT2D eigenvalue weighted by Crippen LogP contribution is 2.14. The molecule has 2 heterocycles. The van der Waals surface area contributed by atoms with Gasteiger partial charge in [0.2, 0.25) is 0 Å². The van der Waals surface area contributed by atoms with Crippen LogP contribution in [0.3, 0.4) is 0 Å². The van der Waals surface area contributed by atoms with Crippen LogP contribution in [-0.4, -0.2) is 14.5 Å². The van der Waals surface area contributed by atoms with Gasteiger partial charge in [0.15, 0.2) is 0 Å². The first-order valence-electron chi connectivity index (χ1n) is 6.75. The maximum Gasteiger partial charge on any atom is 0.0724 e. The van der Waals surface area contributed by atoms with Crippen molar-refractivity contribution in [1.29, 1.82) is 0 Å². The average molecular weight is 258 g/mol. The van der Waals surface area contributed by atoms with Crippen molar-refractivity contribution in [3.05, 3.63) is 46.8 Å². The molecule has 0 spiro atoms. The maximum atomic E-state index is 4.34. The Morgan fingerprint density at radius 3 is 2.47 bits per heavy atom. The minimum atomic E-state index is 0.753. The van der Waals surface area contributed by atoms with E-state index in [4.69, 9.17) is 0 Å². The molecule has 0 atom stereocenters. The Morgan fingerprint density at radius 1 is 1.11 bits per heavy atom. The lowest BCUT2D eigenvalue weighted by molar-refractivity contribution is 0.663. The van der Waals surface area contributed by atoms with Crippen molar-refractivity contribution in [2.45, 2.75) is 47.3 Å². The zero-order valence-corrected chi connectivity index (χ0v) is 12.2. The van der Waals surface area contributed by atoms with E-state index in [1.165, 1.54) is 17.0 Å². The van der Waals surface area contributed by atoms with Crippen molar-refractivity contribution < 1.29 is 0 Å². The van der Waals surface area contributed by atoms with Crippen LogP contribution < -0.4 is 5.32 Å². The lowest BCUT2D eigenvalue weighted by Gasteiger charge is -2.07. The molecule has 2 aromatic rings. The van der Waals surface area contributed by atoms with E-state index in [0.29, 0.717) is 0 Å². The first-order chi connectivity index (χ1) is 9.11. The summed E-state index contributed by atoms with van der Waals surface area (Å²) in [5.41, 5.74) is 5.97. The quantitative estimate of drug-likeness (QED) is 0.896. The number of nitrogens with one attached hydrogen (secondary N) is 1. The molecule has 0 fully saturated rings. The van der Waals surface area contributed by atoms with Crippen molar-refractivity contribution in [3.63, 3.8) is 0 Å². The van der Waals surface area contributed by atoms with E-state index in [1.807, 2.05) is 13.1 Å². The summed E-state index contributed by atoms with van der Waals surface area (Å²) in [6.45, 7) is 11.1. The topological polar surface area (TPSA) is 42.7 Å². The number of hydrogen-bond donors (Lipinski definition) is 1. The summed E-state index contributed by atoms with van der Waals surface area (Å²) in [5, 5.41) is 3.43. The SMILES string of the molecule is CCn1c(C)cc(CNCc2cnc(C)cn2)c1C. The lowest BCUT2D eigenvalue weighted by atomic mass is 10.2. The summed E-state index contributed by atoms with van der Waals surface area (Å²) in [5.74, 6) is 0. The third kappa shape index (κ3) is 3.20. The fourth-order valence-corrected chi connectivity index (χ4v) is 2.37. The fourth-order valence-electron chi connectivity index (χ4n) is 2.37. The Balaban J connectivity index is 1.94. The molecular weight excluding hydrogens is 236 g/mol. The molecule has 0 radical (unpaired) electrons. The number of rotatable bonds is 5. The molecule has 0 bridgehead atoms. The molecule has 2 rings (SSSR count). The molecule has 4 heteroatoms. The normalized spacial score (nSPS) is 10.9. The first kappa shape index (κ1) is 13.7. The number of nitrogens with zero attached hydrogens (tertiary/aromatic N) is 3. The molecule has 102 valence electrons. The zero-order valence-electron chi connectivity index (χ0n) is 12.2. The summed E-state index contributed by atoms with van der Waals surface area (Å²) < 4.78 is 2.34. The van der Waals surface area contributed by atoms with Crippen LogP contribution in [0.25, 0.3) is 0 Å². The van der Waals surface area contributed by atoms with Gasteiger partial charge in [0.1, 0.15) is 0 Å². The molecule has 0 aliphatic heterocycles. The van der Waals surface area contributed by atoms with Crippen molar-refractivity contribution in [3.8, 4) is 0 Å². The third-order valence-corrected chi connectivity index (χ3v) is 3.45. The Hall–Kier alpha value is -1.68. The predicted octanol–water partition coefficient (Wildman–Crippen LogP) is 2.51. The van der Waals surface area contributed by atoms with E-state index in [0.717, 1.165) is 31.0 Å². The molecule has 0 saturated carbocycles. The van der Waals surface area contributed by atoms with E-state index in [1.54, 1.807) is 6.20 Å². The van der Waals surface area contributed by atoms with Gasteiger partial charge in [0.25, 0.3) is 0 Å². The van der Waals surface area contributed by atoms with E-state index < -0.39 is 0 Å². The van der Waals surface area contributed by atoms with Gasteiger partial charge in [-0.05, 0) is 39.3 Å². The van der Waals surface area contributed by atoms with Crippen LogP contribution in [-0.2, 0) is 19.6 Å². The number of aromatic nitrogens is 3. The zero-order chi connectivity index (χ0) is 13.8. The molecule has 0 aliphatic carbocycles. The van der Waals surface area contributed by atoms with Crippen molar-refractivity contribution in [2.75, 3.05) is 0 Å². The maximum absolute atomic E-state index is 4.34. The van der Waals surface area contributed by atoms with Gasteiger partial charge in [-0.1, -0.05) is 0 Å². The predicted molar refractivity (Wildman–Crippen MR) is 76.9 cm³/mol. The highest BCUT2D eigenvalue weighted by Gasteiger charge is 2.07. The molecule has 19 heavy (non-hydrogen) atoms. The fraction of sp³-hybridized carbons (Fsp3) is 0.467. The van der Waals surface area contributed by atoms with Crippen LogP contribution in [0, 0.1) is 20.8 Å². The minimum Gasteiger partial charge on any atom is -0.349 e. The Labute approximate surface area is 114 Å². The van der Waals surface area contributed by atoms with Gasteiger partial charge >= 0.3 is 0 Å². The van der Waals surface area contributed by atoms with Gasteiger partial charge in [0, 0.05) is 43.4 Å². The Bertz CT molecular complexity index is 540. The van der Waals surface area contributed by atoms with Crippen LogP contribution >= 0.6 is 0 Å². The van der Waals surface area contributed by atoms with Crippen LogP contribution in [0.4, 0.5) is 0 Å². The minimum absolute atomic E-state index is 0.753. The van der Waals surface area contributed by atoms with Gasteiger partial charge in [-0.15, -0.1) is 0 Å². The Morgan fingerprint density at radius 2 is 1.89 bits per heavy atom. The Kier molecular flexibility index (Phi) is 4.32. The molecule has 0 unspecified atom stereocenters. The molecule has 4 nitrogen and oxygen atoms in total. The monoisotopic (exact) mass is 258 g/mol. The third-order valence-electron chi connectivity index (χ3n) is 3.45. The second kappa shape index (κ2) is 5.97. The van der Waals surface area contributed by atoms with Gasteiger partial charge in [-0.25, -0.2) is 0 Å². The number of aryl methyl sites for hydroxylation is 2. The molecule has 0 amide bonds. The molecule has 2 aromatic heterocycles. The largest absolute Gasteiger partial charge is 0.349 e. The van der Waals surface area contributed by atoms with Crippen LogP contribution in [0.2, 0.25) is 0 Å². The van der Waals surface area contributed by atoms with Gasteiger partial charge in [0.05, 0.1) is 11.4 Å². The van der Waals surface area contributed by atoms with Gasteiger partial charge < -0.3 is 9.88 Å². The van der Waals surface area contributed by atoms with Gasteiger partial charge in [-0.3, -0.25) is 9.97 Å². The van der Waals surface area contributed by atoms with Gasteiger partial charge in [-0.2, -0.15) is 0 Å². The highest BCUT2D eigenvalue weighted by atomic mass is 15.0. The summed E-state index contributed by atoms with van der Waals surface area (Å²) in [4.78, 5) is 8.59. The van der Waals surface area contributed by atoms with Crippen molar-refractivity contribution >= 4 is 0 Å². The molecule has 0 aromatic carbocycles. The van der Waals surface area contributed by atoms with E-state index in [-0.39, 0.29) is 0 Å². The lowest BCUT2D eigenvalue weighted by Crippen LogP contribution is -2.14. The molecule has 1 N–H and O–H groups in total. The summed E-state index contributed by atoms with van der Waals surface area (Å²) in [6.07, 6.45) is 3.64. The standard InChI is InChI=1S/C15H22N4/c1-5-19-12(3)6-14(13(19)4)8-16-9-15-10-17-11(2)7-18-15/h6-7,10,16H,5,8-9H2,1-4H3. The average Bonchev–Trinajstić information content (AvgIpc) is 2.66. The molecule has 0 saturated heterocycles. The highest BCUT2D eigenvalue weighted by molar-refractivity contribution is 5.26. The smallest absolute Gasteiger partial charge is 0.0724 e. The summed E-state index contributed by atoms with van der Waals surface area (Å²) in [7, 11) is 0.